The van der Waals surface area contributed by atoms with Gasteiger partial charge in [-0.25, -0.2) is 0 Å². The van der Waals surface area contributed by atoms with Crippen LogP contribution in [0.4, 0.5) is 0 Å². The Hall–Kier alpha value is -1.78. The molecule has 0 bridgehead atoms. The Morgan fingerprint density at radius 2 is 2.04 bits per heavy atom. The van der Waals surface area contributed by atoms with Crippen molar-refractivity contribution in [3.05, 3.63) is 58.0 Å². The smallest absolute Gasteiger partial charge is 0.183 e. The Morgan fingerprint density at radius 3 is 2.83 bits per heavy atom. The van der Waals surface area contributed by atoms with Crippen LogP contribution in [-0.4, -0.2) is 14.6 Å². The van der Waals surface area contributed by atoms with Crippen molar-refractivity contribution in [1.29, 1.82) is 0 Å². The molecule has 6 heteroatoms. The summed E-state index contributed by atoms with van der Waals surface area (Å²) in [6.45, 7) is 0.402. The van der Waals surface area contributed by atoms with E-state index in [-0.39, 0.29) is 0 Å². The Balaban J connectivity index is 1.56. The fraction of sp³-hybridized carbons (Fsp3) is 0.294. The highest BCUT2D eigenvalue weighted by Crippen LogP contribution is 2.34. The summed E-state index contributed by atoms with van der Waals surface area (Å²) < 4.78 is 7.77. The van der Waals surface area contributed by atoms with Crippen molar-refractivity contribution < 1.29 is 4.74 Å². The lowest BCUT2D eigenvalue weighted by molar-refractivity contribution is 0.306. The minimum absolute atomic E-state index is 0.402. The molecule has 1 fully saturated rings. The number of halogens is 2. The van der Waals surface area contributed by atoms with Crippen molar-refractivity contribution >= 4 is 28.8 Å². The summed E-state index contributed by atoms with van der Waals surface area (Å²) in [6, 6.07) is 9.43. The average molecular weight is 348 g/mol. The molecule has 2 aromatic heterocycles. The maximum atomic E-state index is 6.43. The predicted molar refractivity (Wildman–Crippen MR) is 90.2 cm³/mol. The van der Waals surface area contributed by atoms with Gasteiger partial charge in [0, 0.05) is 17.6 Å². The van der Waals surface area contributed by atoms with Crippen LogP contribution in [0.15, 0.2) is 36.5 Å². The van der Waals surface area contributed by atoms with Gasteiger partial charge in [0.05, 0.1) is 0 Å². The Labute approximate surface area is 144 Å². The largest absolute Gasteiger partial charge is 0.487 e. The van der Waals surface area contributed by atoms with Crippen LogP contribution in [0.25, 0.3) is 5.65 Å². The molecule has 4 nitrogen and oxygen atoms in total. The average Bonchev–Trinajstić information content (AvgIpc) is 3.26. The number of hydrogen-bond acceptors (Lipinski definition) is 3. The molecule has 1 aromatic carbocycles. The fourth-order valence-corrected chi connectivity index (χ4v) is 3.03. The summed E-state index contributed by atoms with van der Waals surface area (Å²) in [7, 11) is 0. The zero-order valence-corrected chi connectivity index (χ0v) is 13.9. The fourth-order valence-electron chi connectivity index (χ4n) is 2.57. The Morgan fingerprint density at radius 1 is 1.17 bits per heavy atom. The lowest BCUT2D eigenvalue weighted by Gasteiger charge is -2.09. The number of ether oxygens (including phenoxy) is 1. The number of rotatable bonds is 5. The molecule has 0 atom stereocenters. The number of aromatic nitrogens is 3. The van der Waals surface area contributed by atoms with E-state index < -0.39 is 0 Å². The number of nitrogens with zero attached hydrogens (tertiary/aromatic N) is 3. The first-order chi connectivity index (χ1) is 11.2. The summed E-state index contributed by atoms with van der Waals surface area (Å²) >= 11 is 12.4. The maximum Gasteiger partial charge on any atom is 0.183 e. The highest BCUT2D eigenvalue weighted by molar-refractivity contribution is 6.35. The minimum Gasteiger partial charge on any atom is -0.487 e. The van der Waals surface area contributed by atoms with Gasteiger partial charge in [-0.2, -0.15) is 0 Å². The molecule has 3 aromatic rings. The first-order valence-electron chi connectivity index (χ1n) is 7.60. The molecule has 0 saturated heterocycles. The van der Waals surface area contributed by atoms with E-state index in [0.717, 1.165) is 23.7 Å². The predicted octanol–water partition coefficient (Wildman–Crippen LogP) is 4.57. The highest BCUT2D eigenvalue weighted by Gasteiger charge is 2.24. The van der Waals surface area contributed by atoms with Gasteiger partial charge in [-0.15, -0.1) is 10.2 Å². The molecule has 0 spiro atoms. The third-order valence-electron chi connectivity index (χ3n) is 4.01. The van der Waals surface area contributed by atoms with E-state index in [2.05, 4.69) is 10.2 Å². The van der Waals surface area contributed by atoms with E-state index in [1.807, 2.05) is 40.9 Å². The molecule has 23 heavy (non-hydrogen) atoms. The number of fused-ring (bicyclic) bond motifs is 1. The molecule has 1 aliphatic carbocycles. The number of hydrogen-bond donors (Lipinski definition) is 0. The van der Waals surface area contributed by atoms with Gasteiger partial charge in [0.15, 0.2) is 5.65 Å². The third kappa shape index (κ3) is 3.14. The van der Waals surface area contributed by atoms with Gasteiger partial charge in [0.25, 0.3) is 0 Å². The van der Waals surface area contributed by atoms with Crippen LogP contribution in [0.2, 0.25) is 10.0 Å². The van der Waals surface area contributed by atoms with Crippen LogP contribution >= 0.6 is 23.2 Å². The van der Waals surface area contributed by atoms with Crippen molar-refractivity contribution in [2.24, 2.45) is 5.92 Å². The molecule has 1 saturated carbocycles. The monoisotopic (exact) mass is 347 g/mol. The second-order valence-electron chi connectivity index (χ2n) is 5.87. The van der Waals surface area contributed by atoms with Crippen LogP contribution in [-0.2, 0) is 13.0 Å². The van der Waals surface area contributed by atoms with Gasteiger partial charge in [-0.1, -0.05) is 35.3 Å². The second-order valence-corrected chi connectivity index (χ2v) is 6.68. The zero-order chi connectivity index (χ0) is 15.8. The summed E-state index contributed by atoms with van der Waals surface area (Å²) in [5.41, 5.74) is 1.63. The number of benzene rings is 1. The summed E-state index contributed by atoms with van der Waals surface area (Å²) in [4.78, 5) is 0. The van der Waals surface area contributed by atoms with Crippen LogP contribution in [0, 0.1) is 5.92 Å². The molecule has 1 aliphatic rings. The first kappa shape index (κ1) is 14.8. The number of pyridine rings is 1. The van der Waals surface area contributed by atoms with Crippen molar-refractivity contribution in [3.63, 3.8) is 0 Å². The third-order valence-corrected chi connectivity index (χ3v) is 4.60. The van der Waals surface area contributed by atoms with Crippen molar-refractivity contribution in [2.75, 3.05) is 0 Å². The van der Waals surface area contributed by atoms with E-state index in [4.69, 9.17) is 27.9 Å². The normalized spacial score (nSPS) is 14.3. The first-order valence-corrected chi connectivity index (χ1v) is 8.35. The molecule has 118 valence electrons. The Bertz CT molecular complexity index is 858. The highest BCUT2D eigenvalue weighted by atomic mass is 35.5. The summed E-state index contributed by atoms with van der Waals surface area (Å²) in [6.07, 6.45) is 5.44. The van der Waals surface area contributed by atoms with Crippen LogP contribution < -0.4 is 4.74 Å². The molecule has 2 heterocycles. The maximum absolute atomic E-state index is 6.43. The van der Waals surface area contributed by atoms with Crippen LogP contribution in [0.5, 0.6) is 5.75 Å². The van der Waals surface area contributed by atoms with Gasteiger partial charge in [0.2, 0.25) is 0 Å². The second kappa shape index (κ2) is 6.02. The molecule has 0 unspecified atom stereocenters. The van der Waals surface area contributed by atoms with Gasteiger partial charge >= 0.3 is 0 Å². The van der Waals surface area contributed by atoms with Gasteiger partial charge < -0.3 is 4.74 Å². The van der Waals surface area contributed by atoms with Crippen molar-refractivity contribution in [2.45, 2.75) is 25.9 Å². The molecule has 0 radical (unpaired) electrons. The molecule has 4 rings (SSSR count). The van der Waals surface area contributed by atoms with Gasteiger partial charge in [0.1, 0.15) is 23.2 Å². The summed E-state index contributed by atoms with van der Waals surface area (Å²) in [5.74, 6) is 2.32. The molecule has 0 N–H and O–H groups in total. The summed E-state index contributed by atoms with van der Waals surface area (Å²) in [5, 5.41) is 9.65. The van der Waals surface area contributed by atoms with Gasteiger partial charge in [-0.05, 0) is 42.5 Å². The molecular weight excluding hydrogens is 333 g/mol. The SMILES string of the molecule is Clc1cccc(COc2ccn3c(CC4CC4)nnc3c2Cl)c1. The van der Waals surface area contributed by atoms with Crippen LogP contribution in [0.1, 0.15) is 24.2 Å². The van der Waals surface area contributed by atoms with Crippen molar-refractivity contribution in [1.82, 2.24) is 14.6 Å². The van der Waals surface area contributed by atoms with Gasteiger partial charge in [-0.3, -0.25) is 4.40 Å². The van der Waals surface area contributed by atoms with E-state index in [1.54, 1.807) is 0 Å². The molecular formula is C17H15Cl2N3O. The lowest BCUT2D eigenvalue weighted by atomic mass is 10.2. The topological polar surface area (TPSA) is 39.4 Å². The minimum atomic E-state index is 0.402. The Kier molecular flexibility index (Phi) is 3.87. The van der Waals surface area contributed by atoms with Crippen molar-refractivity contribution in [3.8, 4) is 5.75 Å². The quantitative estimate of drug-likeness (QED) is 0.678. The molecule has 0 aliphatic heterocycles. The standard InChI is InChI=1S/C17H15Cl2N3O/c18-13-3-1-2-12(8-13)10-23-14-6-7-22-15(9-11-4-5-11)20-21-17(22)16(14)19/h1-3,6-8,11H,4-5,9-10H2. The van der Waals surface area contributed by atoms with E-state index >= 15 is 0 Å². The molecule has 0 amide bonds. The van der Waals surface area contributed by atoms with Crippen LogP contribution in [0.3, 0.4) is 0 Å². The van der Waals surface area contributed by atoms with E-state index in [9.17, 15) is 0 Å². The lowest BCUT2D eigenvalue weighted by Crippen LogP contribution is -1.99. The zero-order valence-electron chi connectivity index (χ0n) is 12.4. The van der Waals surface area contributed by atoms with E-state index in [1.165, 1.54) is 12.8 Å². The van der Waals surface area contributed by atoms with E-state index in [0.29, 0.717) is 28.0 Å².